The van der Waals surface area contributed by atoms with Gasteiger partial charge in [0, 0.05) is 61.2 Å². The van der Waals surface area contributed by atoms with Crippen LogP contribution in [0.5, 0.6) is 0 Å². The van der Waals surface area contributed by atoms with Crippen LogP contribution in [0.2, 0.25) is 5.02 Å². The van der Waals surface area contributed by atoms with E-state index in [0.29, 0.717) is 61.1 Å². The summed E-state index contributed by atoms with van der Waals surface area (Å²) in [7, 11) is 0. The van der Waals surface area contributed by atoms with E-state index in [0.717, 1.165) is 18.5 Å². The molecule has 0 aliphatic carbocycles. The van der Waals surface area contributed by atoms with E-state index in [-0.39, 0.29) is 23.3 Å². The van der Waals surface area contributed by atoms with Crippen molar-refractivity contribution >= 4 is 40.7 Å². The number of anilines is 2. The third kappa shape index (κ3) is 5.50. The fourth-order valence-electron chi connectivity index (χ4n) is 4.91. The second kappa shape index (κ2) is 11.2. The first-order valence-corrected chi connectivity index (χ1v) is 13.1. The van der Waals surface area contributed by atoms with Crippen molar-refractivity contribution in [2.75, 3.05) is 49.5 Å². The lowest BCUT2D eigenvalue weighted by Crippen LogP contribution is -2.49. The molecule has 0 atom stereocenters. The van der Waals surface area contributed by atoms with Crippen LogP contribution in [-0.4, -0.2) is 66.8 Å². The summed E-state index contributed by atoms with van der Waals surface area (Å²) in [5.74, 6) is -1.25. The van der Waals surface area contributed by atoms with Crippen molar-refractivity contribution in [1.29, 1.82) is 0 Å². The number of piperazine rings is 1. The standard InChI is InChI=1S/C29H28ClFN4O3/c30-21-9-7-20(8-10-21)27(36)32-22-11-12-26(24(19-22)29(38)34-13-3-4-14-34)33-15-17-35(18-16-33)28(37)23-5-1-2-6-25(23)31/h1-2,5-12,19H,3-4,13-18H2,(H,32,36). The number of carbonyl (C=O) groups excluding carboxylic acids is 3. The van der Waals surface area contributed by atoms with Crippen LogP contribution in [0, 0.1) is 5.82 Å². The van der Waals surface area contributed by atoms with Crippen LogP contribution in [0.25, 0.3) is 0 Å². The number of amides is 3. The Bertz CT molecular complexity index is 1350. The largest absolute Gasteiger partial charge is 0.367 e. The SMILES string of the molecule is O=C(Nc1ccc(N2CCN(C(=O)c3ccccc3F)CC2)c(C(=O)N2CCCC2)c1)c1ccc(Cl)cc1. The predicted octanol–water partition coefficient (Wildman–Crippen LogP) is 4.93. The Morgan fingerprint density at radius 2 is 1.37 bits per heavy atom. The molecule has 0 unspecified atom stereocenters. The molecule has 0 aromatic heterocycles. The van der Waals surface area contributed by atoms with Gasteiger partial charge in [-0.1, -0.05) is 23.7 Å². The molecule has 7 nitrogen and oxygen atoms in total. The van der Waals surface area contributed by atoms with Gasteiger partial charge in [-0.3, -0.25) is 14.4 Å². The molecule has 0 radical (unpaired) electrons. The van der Waals surface area contributed by atoms with Gasteiger partial charge >= 0.3 is 0 Å². The van der Waals surface area contributed by atoms with Crippen LogP contribution in [0.1, 0.15) is 43.9 Å². The molecule has 9 heteroatoms. The molecule has 2 saturated heterocycles. The second-order valence-electron chi connectivity index (χ2n) is 9.45. The number of nitrogens with one attached hydrogen (secondary N) is 1. The van der Waals surface area contributed by atoms with Crippen LogP contribution in [0.3, 0.4) is 0 Å². The summed E-state index contributed by atoms with van der Waals surface area (Å²) in [6.45, 7) is 3.20. The van der Waals surface area contributed by atoms with E-state index >= 15 is 0 Å². The van der Waals surface area contributed by atoms with Gasteiger partial charge in [0.2, 0.25) is 0 Å². The highest BCUT2D eigenvalue weighted by Gasteiger charge is 2.28. The lowest BCUT2D eigenvalue weighted by atomic mass is 10.1. The molecule has 0 saturated carbocycles. The molecule has 0 bridgehead atoms. The topological polar surface area (TPSA) is 73.0 Å². The predicted molar refractivity (Wildman–Crippen MR) is 146 cm³/mol. The summed E-state index contributed by atoms with van der Waals surface area (Å²) < 4.78 is 14.1. The molecule has 1 N–H and O–H groups in total. The minimum Gasteiger partial charge on any atom is -0.367 e. The highest BCUT2D eigenvalue weighted by Crippen LogP contribution is 2.29. The smallest absolute Gasteiger partial charge is 0.256 e. The third-order valence-corrected chi connectivity index (χ3v) is 7.25. The van der Waals surface area contributed by atoms with Crippen molar-refractivity contribution in [2.24, 2.45) is 0 Å². The molecular weight excluding hydrogens is 507 g/mol. The van der Waals surface area contributed by atoms with Crippen LogP contribution in [-0.2, 0) is 0 Å². The first-order chi connectivity index (χ1) is 18.4. The third-order valence-electron chi connectivity index (χ3n) is 7.00. The van der Waals surface area contributed by atoms with Crippen molar-refractivity contribution in [3.05, 3.63) is 94.3 Å². The number of likely N-dealkylation sites (tertiary alicyclic amines) is 1. The molecule has 2 heterocycles. The van der Waals surface area contributed by atoms with Crippen LogP contribution in [0.4, 0.5) is 15.8 Å². The van der Waals surface area contributed by atoms with Gasteiger partial charge in [-0.15, -0.1) is 0 Å². The van der Waals surface area contributed by atoms with Gasteiger partial charge in [-0.05, 0) is 67.4 Å². The summed E-state index contributed by atoms with van der Waals surface area (Å²) >= 11 is 5.93. The fourth-order valence-corrected chi connectivity index (χ4v) is 5.04. The number of nitrogens with zero attached hydrogens (tertiary/aromatic N) is 3. The van der Waals surface area contributed by atoms with Crippen molar-refractivity contribution in [1.82, 2.24) is 9.80 Å². The maximum atomic E-state index is 14.1. The van der Waals surface area contributed by atoms with Gasteiger partial charge in [0.1, 0.15) is 5.82 Å². The molecule has 3 amide bonds. The zero-order chi connectivity index (χ0) is 26.6. The molecule has 2 aliphatic rings. The molecule has 2 aliphatic heterocycles. The molecule has 38 heavy (non-hydrogen) atoms. The molecule has 196 valence electrons. The monoisotopic (exact) mass is 534 g/mol. The summed E-state index contributed by atoms with van der Waals surface area (Å²) in [5, 5.41) is 3.42. The van der Waals surface area contributed by atoms with E-state index in [1.54, 1.807) is 53.4 Å². The van der Waals surface area contributed by atoms with E-state index in [2.05, 4.69) is 10.2 Å². The maximum Gasteiger partial charge on any atom is 0.256 e. The van der Waals surface area contributed by atoms with Crippen molar-refractivity contribution in [3.8, 4) is 0 Å². The average Bonchev–Trinajstić information content (AvgIpc) is 3.48. The Hall–Kier alpha value is -3.91. The van der Waals surface area contributed by atoms with Crippen LogP contribution in [0.15, 0.2) is 66.7 Å². The van der Waals surface area contributed by atoms with E-state index in [1.165, 1.54) is 12.1 Å². The van der Waals surface area contributed by atoms with E-state index in [1.807, 2.05) is 11.0 Å². The molecule has 0 spiro atoms. The minimum atomic E-state index is -0.533. The van der Waals surface area contributed by atoms with Gasteiger partial charge in [-0.25, -0.2) is 4.39 Å². The van der Waals surface area contributed by atoms with E-state index in [9.17, 15) is 18.8 Å². The number of hydrogen-bond donors (Lipinski definition) is 1. The Morgan fingerprint density at radius 3 is 2.05 bits per heavy atom. The summed E-state index contributed by atoms with van der Waals surface area (Å²) in [5.41, 5.74) is 2.30. The minimum absolute atomic E-state index is 0.0617. The van der Waals surface area contributed by atoms with Crippen molar-refractivity contribution in [2.45, 2.75) is 12.8 Å². The van der Waals surface area contributed by atoms with Gasteiger partial charge in [0.25, 0.3) is 17.7 Å². The quantitative estimate of drug-likeness (QED) is 0.504. The fraction of sp³-hybridized carbons (Fsp3) is 0.276. The zero-order valence-corrected chi connectivity index (χ0v) is 21.6. The summed E-state index contributed by atoms with van der Waals surface area (Å²) in [4.78, 5) is 44.7. The average molecular weight is 535 g/mol. The Labute approximate surface area is 225 Å². The highest BCUT2D eigenvalue weighted by atomic mass is 35.5. The summed E-state index contributed by atoms with van der Waals surface area (Å²) in [6, 6.07) is 17.9. The molecule has 5 rings (SSSR count). The first kappa shape index (κ1) is 25.7. The zero-order valence-electron chi connectivity index (χ0n) is 20.8. The molecule has 2 fully saturated rings. The summed E-state index contributed by atoms with van der Waals surface area (Å²) in [6.07, 6.45) is 1.93. The van der Waals surface area contributed by atoms with E-state index in [4.69, 9.17) is 11.6 Å². The van der Waals surface area contributed by atoms with Gasteiger partial charge in [-0.2, -0.15) is 0 Å². The van der Waals surface area contributed by atoms with Gasteiger partial charge in [0.05, 0.1) is 11.1 Å². The molecular formula is C29H28ClFN4O3. The number of rotatable bonds is 5. The van der Waals surface area contributed by atoms with Gasteiger partial charge < -0.3 is 20.0 Å². The Kier molecular flexibility index (Phi) is 7.60. The molecule has 3 aromatic rings. The number of hydrogen-bond acceptors (Lipinski definition) is 4. The lowest BCUT2D eigenvalue weighted by molar-refractivity contribution is 0.0738. The van der Waals surface area contributed by atoms with Crippen LogP contribution >= 0.6 is 11.6 Å². The maximum absolute atomic E-state index is 14.1. The Balaban J connectivity index is 1.35. The van der Waals surface area contributed by atoms with Crippen molar-refractivity contribution < 1.29 is 18.8 Å². The highest BCUT2D eigenvalue weighted by molar-refractivity contribution is 6.30. The number of halogens is 2. The van der Waals surface area contributed by atoms with Crippen LogP contribution < -0.4 is 10.2 Å². The van der Waals surface area contributed by atoms with Crippen molar-refractivity contribution in [3.63, 3.8) is 0 Å². The number of carbonyl (C=O) groups is 3. The lowest BCUT2D eigenvalue weighted by Gasteiger charge is -2.37. The first-order valence-electron chi connectivity index (χ1n) is 12.7. The number of benzene rings is 3. The van der Waals surface area contributed by atoms with E-state index < -0.39 is 5.82 Å². The Morgan fingerprint density at radius 1 is 0.737 bits per heavy atom. The van der Waals surface area contributed by atoms with Gasteiger partial charge in [0.15, 0.2) is 0 Å². The second-order valence-corrected chi connectivity index (χ2v) is 9.89. The normalized spacial score (nSPS) is 15.5. The molecule has 3 aromatic carbocycles.